The number of rotatable bonds is 10. The van der Waals surface area contributed by atoms with E-state index in [4.69, 9.17) is 16.3 Å². The van der Waals surface area contributed by atoms with E-state index in [1.807, 2.05) is 52.0 Å². The Labute approximate surface area is 198 Å². The molecule has 168 valence electrons. The first kappa shape index (κ1) is 25.2. The summed E-state index contributed by atoms with van der Waals surface area (Å²) in [7, 11) is 0. The van der Waals surface area contributed by atoms with E-state index in [9.17, 15) is 9.59 Å². The van der Waals surface area contributed by atoms with Crippen LogP contribution in [0.5, 0.6) is 5.75 Å². The normalized spacial score (nSPS) is 11.8. The molecule has 0 heterocycles. The van der Waals surface area contributed by atoms with Gasteiger partial charge in [-0.2, -0.15) is 0 Å². The Hall–Kier alpha value is -2.05. The highest BCUT2D eigenvalue weighted by Gasteiger charge is 2.29. The maximum Gasteiger partial charge on any atom is 0.261 e. The van der Waals surface area contributed by atoms with Gasteiger partial charge in [0.1, 0.15) is 11.8 Å². The van der Waals surface area contributed by atoms with Crippen LogP contribution in [-0.4, -0.2) is 35.9 Å². The number of hydrogen-bond acceptors (Lipinski definition) is 3. The quantitative estimate of drug-likeness (QED) is 0.468. The second kappa shape index (κ2) is 12.1. The van der Waals surface area contributed by atoms with Crippen molar-refractivity contribution in [1.82, 2.24) is 10.2 Å². The van der Waals surface area contributed by atoms with Gasteiger partial charge in [0.25, 0.3) is 5.91 Å². The van der Waals surface area contributed by atoms with Crippen molar-refractivity contribution in [2.24, 2.45) is 5.92 Å². The number of amides is 2. The maximum absolute atomic E-state index is 13.2. The molecular weight excluding hydrogens is 480 g/mol. The molecule has 1 atom stereocenters. The monoisotopic (exact) mass is 508 g/mol. The second-order valence-corrected chi connectivity index (χ2v) is 9.20. The summed E-state index contributed by atoms with van der Waals surface area (Å²) in [5.41, 5.74) is 1.91. The Morgan fingerprint density at radius 3 is 2.42 bits per heavy atom. The minimum atomic E-state index is -0.586. The van der Waals surface area contributed by atoms with E-state index in [0.717, 1.165) is 15.6 Å². The van der Waals surface area contributed by atoms with Crippen LogP contribution in [0.2, 0.25) is 5.02 Å². The Bertz CT molecular complexity index is 887. The Morgan fingerprint density at radius 1 is 1.16 bits per heavy atom. The fourth-order valence-corrected chi connectivity index (χ4v) is 3.44. The number of carbonyl (C=O) groups excluding carboxylic acids is 2. The average Bonchev–Trinajstić information content (AvgIpc) is 2.74. The molecule has 0 spiro atoms. The van der Waals surface area contributed by atoms with Gasteiger partial charge in [-0.1, -0.05) is 60.4 Å². The molecule has 0 aromatic heterocycles. The number of halogens is 2. The zero-order valence-corrected chi connectivity index (χ0v) is 20.8. The van der Waals surface area contributed by atoms with Gasteiger partial charge < -0.3 is 15.0 Å². The average molecular weight is 510 g/mol. The first-order valence-corrected chi connectivity index (χ1v) is 11.6. The van der Waals surface area contributed by atoms with Crippen LogP contribution in [0, 0.1) is 12.8 Å². The lowest BCUT2D eigenvalue weighted by atomic mass is 10.1. The van der Waals surface area contributed by atoms with Crippen LogP contribution >= 0.6 is 27.5 Å². The molecule has 0 fully saturated rings. The zero-order chi connectivity index (χ0) is 23.0. The largest absolute Gasteiger partial charge is 0.484 e. The standard InChI is InChI=1S/C24H30BrClN2O3/c1-5-22(24(30)27-13-16(2)3)28(14-18-6-8-19(26)9-7-18)23(29)15-31-20-10-11-21(25)17(4)12-20/h6-12,16,22H,5,13-15H2,1-4H3,(H,27,30). The van der Waals surface area contributed by atoms with Gasteiger partial charge in [-0.25, -0.2) is 0 Å². The summed E-state index contributed by atoms with van der Waals surface area (Å²) >= 11 is 9.45. The highest BCUT2D eigenvalue weighted by molar-refractivity contribution is 9.10. The highest BCUT2D eigenvalue weighted by atomic mass is 79.9. The van der Waals surface area contributed by atoms with Crippen LogP contribution in [0.25, 0.3) is 0 Å². The van der Waals surface area contributed by atoms with Gasteiger partial charge in [0.2, 0.25) is 5.91 Å². The molecule has 0 aliphatic carbocycles. The van der Waals surface area contributed by atoms with Gasteiger partial charge in [0.15, 0.2) is 6.61 Å². The van der Waals surface area contributed by atoms with Crippen molar-refractivity contribution in [2.75, 3.05) is 13.2 Å². The minimum absolute atomic E-state index is 0.150. The van der Waals surface area contributed by atoms with E-state index in [1.54, 1.807) is 23.1 Å². The lowest BCUT2D eigenvalue weighted by molar-refractivity contribution is -0.143. The number of benzene rings is 2. The lowest BCUT2D eigenvalue weighted by Gasteiger charge is -2.31. The number of nitrogens with zero attached hydrogens (tertiary/aromatic N) is 1. The SMILES string of the molecule is CCC(C(=O)NCC(C)C)N(Cc1ccc(Cl)cc1)C(=O)COc1ccc(Br)c(C)c1. The molecule has 2 aromatic carbocycles. The molecule has 31 heavy (non-hydrogen) atoms. The number of nitrogens with one attached hydrogen (secondary N) is 1. The molecule has 1 N–H and O–H groups in total. The van der Waals surface area contributed by atoms with Gasteiger partial charge in [-0.3, -0.25) is 9.59 Å². The van der Waals surface area contributed by atoms with E-state index in [1.165, 1.54) is 0 Å². The molecule has 0 aliphatic rings. The van der Waals surface area contributed by atoms with Crippen molar-refractivity contribution in [3.05, 3.63) is 63.1 Å². The van der Waals surface area contributed by atoms with Crippen molar-refractivity contribution in [3.63, 3.8) is 0 Å². The molecule has 0 radical (unpaired) electrons. The maximum atomic E-state index is 13.2. The highest BCUT2D eigenvalue weighted by Crippen LogP contribution is 2.22. The zero-order valence-electron chi connectivity index (χ0n) is 18.5. The summed E-state index contributed by atoms with van der Waals surface area (Å²) in [6.07, 6.45) is 0.501. The van der Waals surface area contributed by atoms with Gasteiger partial charge in [0.05, 0.1) is 0 Å². The summed E-state index contributed by atoms with van der Waals surface area (Å²) in [6, 6.07) is 12.3. The van der Waals surface area contributed by atoms with Crippen molar-refractivity contribution in [3.8, 4) is 5.75 Å². The fourth-order valence-electron chi connectivity index (χ4n) is 3.06. The van der Waals surface area contributed by atoms with E-state index >= 15 is 0 Å². The summed E-state index contributed by atoms with van der Waals surface area (Å²) in [5.74, 6) is 0.531. The van der Waals surface area contributed by atoms with E-state index < -0.39 is 6.04 Å². The van der Waals surface area contributed by atoms with Gasteiger partial charge in [-0.15, -0.1) is 0 Å². The number of ether oxygens (including phenoxy) is 1. The summed E-state index contributed by atoms with van der Waals surface area (Å²) in [6.45, 7) is 8.64. The molecule has 0 saturated carbocycles. The molecule has 7 heteroatoms. The van der Waals surface area contributed by atoms with Crippen LogP contribution < -0.4 is 10.1 Å². The van der Waals surface area contributed by atoms with Crippen LogP contribution in [0.1, 0.15) is 38.3 Å². The molecule has 2 aromatic rings. The molecule has 0 aliphatic heterocycles. The van der Waals surface area contributed by atoms with Crippen molar-refractivity contribution >= 4 is 39.3 Å². The summed E-state index contributed by atoms with van der Waals surface area (Å²) < 4.78 is 6.72. The van der Waals surface area contributed by atoms with E-state index in [-0.39, 0.29) is 18.4 Å². The first-order chi connectivity index (χ1) is 14.7. The molecule has 2 amide bonds. The summed E-state index contributed by atoms with van der Waals surface area (Å²) in [5, 5.41) is 3.57. The van der Waals surface area contributed by atoms with Crippen LogP contribution in [0.15, 0.2) is 46.9 Å². The fraction of sp³-hybridized carbons (Fsp3) is 0.417. The lowest BCUT2D eigenvalue weighted by Crippen LogP contribution is -2.50. The Kier molecular flexibility index (Phi) is 9.85. The third-order valence-electron chi connectivity index (χ3n) is 4.83. The molecule has 0 bridgehead atoms. The van der Waals surface area contributed by atoms with E-state index in [0.29, 0.717) is 36.2 Å². The van der Waals surface area contributed by atoms with Crippen molar-refractivity contribution in [2.45, 2.75) is 46.7 Å². The predicted octanol–water partition coefficient (Wildman–Crippen LogP) is 5.37. The number of hydrogen-bond donors (Lipinski definition) is 1. The molecule has 1 unspecified atom stereocenters. The second-order valence-electron chi connectivity index (χ2n) is 7.91. The van der Waals surface area contributed by atoms with Gasteiger partial charge >= 0.3 is 0 Å². The van der Waals surface area contributed by atoms with E-state index in [2.05, 4.69) is 21.2 Å². The third-order valence-corrected chi connectivity index (χ3v) is 5.97. The van der Waals surface area contributed by atoms with Gasteiger partial charge in [0, 0.05) is 22.6 Å². The van der Waals surface area contributed by atoms with Crippen LogP contribution in [0.3, 0.4) is 0 Å². The molecule has 2 rings (SSSR count). The molecular formula is C24H30BrClN2O3. The third kappa shape index (κ3) is 7.86. The predicted molar refractivity (Wildman–Crippen MR) is 128 cm³/mol. The Balaban J connectivity index is 2.19. The first-order valence-electron chi connectivity index (χ1n) is 10.4. The number of carbonyl (C=O) groups is 2. The van der Waals surface area contributed by atoms with Gasteiger partial charge in [-0.05, 0) is 60.7 Å². The van der Waals surface area contributed by atoms with Crippen molar-refractivity contribution < 1.29 is 14.3 Å². The molecule has 5 nitrogen and oxygen atoms in total. The molecule has 0 saturated heterocycles. The Morgan fingerprint density at radius 2 is 1.84 bits per heavy atom. The van der Waals surface area contributed by atoms with Crippen molar-refractivity contribution in [1.29, 1.82) is 0 Å². The minimum Gasteiger partial charge on any atom is -0.484 e. The number of aryl methyl sites for hydroxylation is 1. The topological polar surface area (TPSA) is 58.6 Å². The smallest absolute Gasteiger partial charge is 0.261 e. The summed E-state index contributed by atoms with van der Waals surface area (Å²) in [4.78, 5) is 27.6. The van der Waals surface area contributed by atoms with Crippen LogP contribution in [0.4, 0.5) is 0 Å². The van der Waals surface area contributed by atoms with Crippen LogP contribution in [-0.2, 0) is 16.1 Å².